The van der Waals surface area contributed by atoms with E-state index in [4.69, 9.17) is 0 Å². The smallest absolute Gasteiger partial charge is 0.227 e. The molecule has 0 unspecified atom stereocenters. The van der Waals surface area contributed by atoms with Crippen molar-refractivity contribution in [2.45, 2.75) is 26.3 Å². The second kappa shape index (κ2) is 6.87. The number of amides is 2. The number of hydrogen-bond acceptors (Lipinski definition) is 2. The lowest BCUT2D eigenvalue weighted by atomic mass is 10.1. The molecular formula is C20H22N2O2. The molecule has 0 radical (unpaired) electrons. The maximum Gasteiger partial charge on any atom is 0.227 e. The zero-order valence-corrected chi connectivity index (χ0v) is 14.0. The Bertz CT molecular complexity index is 725. The van der Waals surface area contributed by atoms with Crippen molar-refractivity contribution in [2.75, 3.05) is 11.4 Å². The van der Waals surface area contributed by atoms with Crippen molar-refractivity contribution in [3.8, 4) is 0 Å². The third-order valence-corrected chi connectivity index (χ3v) is 4.50. The fraction of sp³-hybridized carbons (Fsp3) is 0.300. The highest BCUT2D eigenvalue weighted by molar-refractivity contribution is 6.00. The van der Waals surface area contributed by atoms with E-state index in [1.165, 1.54) is 0 Å². The molecule has 2 amide bonds. The molecule has 1 saturated heterocycles. The zero-order valence-electron chi connectivity index (χ0n) is 14.0. The SMILES string of the molecule is Cc1ccc(N2C[C@H](C(=O)N[C@@H](C)c3ccccc3)CC2=O)cc1. The molecule has 2 aromatic carbocycles. The van der Waals surface area contributed by atoms with Crippen LogP contribution in [-0.2, 0) is 9.59 Å². The van der Waals surface area contributed by atoms with Gasteiger partial charge in [0.1, 0.15) is 0 Å². The van der Waals surface area contributed by atoms with E-state index in [0.717, 1.165) is 16.8 Å². The summed E-state index contributed by atoms with van der Waals surface area (Å²) in [6.45, 7) is 4.41. The third kappa shape index (κ3) is 3.48. The Morgan fingerprint density at radius 3 is 2.46 bits per heavy atom. The summed E-state index contributed by atoms with van der Waals surface area (Å²) in [6.07, 6.45) is 0.265. The molecule has 4 nitrogen and oxygen atoms in total. The molecular weight excluding hydrogens is 300 g/mol. The number of rotatable bonds is 4. The van der Waals surface area contributed by atoms with Crippen LogP contribution in [0.15, 0.2) is 54.6 Å². The number of nitrogens with one attached hydrogen (secondary N) is 1. The third-order valence-electron chi connectivity index (χ3n) is 4.50. The Hall–Kier alpha value is -2.62. The normalized spacial score (nSPS) is 18.5. The van der Waals surface area contributed by atoms with E-state index in [0.29, 0.717) is 6.54 Å². The molecule has 2 atom stereocenters. The molecule has 0 bridgehead atoms. The van der Waals surface area contributed by atoms with E-state index in [2.05, 4.69) is 5.32 Å². The van der Waals surface area contributed by atoms with Crippen molar-refractivity contribution >= 4 is 17.5 Å². The molecule has 1 heterocycles. The van der Waals surface area contributed by atoms with Gasteiger partial charge in [0.15, 0.2) is 0 Å². The first kappa shape index (κ1) is 16.2. The molecule has 0 spiro atoms. The molecule has 4 heteroatoms. The summed E-state index contributed by atoms with van der Waals surface area (Å²) >= 11 is 0. The number of carbonyl (C=O) groups excluding carboxylic acids is 2. The van der Waals surface area contributed by atoms with Crippen molar-refractivity contribution in [3.63, 3.8) is 0 Å². The lowest BCUT2D eigenvalue weighted by Gasteiger charge is -2.19. The summed E-state index contributed by atoms with van der Waals surface area (Å²) in [4.78, 5) is 26.5. The Kier molecular flexibility index (Phi) is 4.65. The molecule has 2 aromatic rings. The maximum absolute atomic E-state index is 12.5. The Labute approximate surface area is 142 Å². The van der Waals surface area contributed by atoms with Crippen molar-refractivity contribution in [1.29, 1.82) is 0 Å². The molecule has 0 aliphatic carbocycles. The second-order valence-electron chi connectivity index (χ2n) is 6.38. The van der Waals surface area contributed by atoms with Crippen LogP contribution in [0.5, 0.6) is 0 Å². The predicted octanol–water partition coefficient (Wildman–Crippen LogP) is 3.23. The zero-order chi connectivity index (χ0) is 17.1. The van der Waals surface area contributed by atoms with Gasteiger partial charge >= 0.3 is 0 Å². The standard InChI is InChI=1S/C20H22N2O2/c1-14-8-10-18(11-9-14)22-13-17(12-19(22)23)20(24)21-15(2)16-6-4-3-5-7-16/h3-11,15,17H,12-13H2,1-2H3,(H,21,24)/t15-,17+/m0/s1. The van der Waals surface area contributed by atoms with Crippen LogP contribution in [0.1, 0.15) is 30.5 Å². The van der Waals surface area contributed by atoms with Crippen LogP contribution in [-0.4, -0.2) is 18.4 Å². The highest BCUT2D eigenvalue weighted by Gasteiger charge is 2.35. The molecule has 1 N–H and O–H groups in total. The summed E-state index contributed by atoms with van der Waals surface area (Å²) in [6, 6.07) is 17.6. The highest BCUT2D eigenvalue weighted by atomic mass is 16.2. The lowest BCUT2D eigenvalue weighted by Crippen LogP contribution is -2.34. The van der Waals surface area contributed by atoms with Crippen molar-refractivity contribution in [2.24, 2.45) is 5.92 Å². The van der Waals surface area contributed by atoms with Crippen molar-refractivity contribution < 1.29 is 9.59 Å². The summed E-state index contributed by atoms with van der Waals surface area (Å²) in [7, 11) is 0. The lowest BCUT2D eigenvalue weighted by molar-refractivity contribution is -0.126. The highest BCUT2D eigenvalue weighted by Crippen LogP contribution is 2.26. The van der Waals surface area contributed by atoms with Crippen LogP contribution in [0.25, 0.3) is 0 Å². The minimum atomic E-state index is -0.301. The van der Waals surface area contributed by atoms with Crippen LogP contribution >= 0.6 is 0 Å². The minimum absolute atomic E-state index is 0.00590. The average molecular weight is 322 g/mol. The summed E-state index contributed by atoms with van der Waals surface area (Å²) < 4.78 is 0. The number of anilines is 1. The quantitative estimate of drug-likeness (QED) is 0.939. The minimum Gasteiger partial charge on any atom is -0.349 e. The van der Waals surface area contributed by atoms with E-state index in [1.54, 1.807) is 4.90 Å². The van der Waals surface area contributed by atoms with E-state index in [9.17, 15) is 9.59 Å². The van der Waals surface area contributed by atoms with Gasteiger partial charge < -0.3 is 10.2 Å². The number of hydrogen-bond donors (Lipinski definition) is 1. The maximum atomic E-state index is 12.5. The van der Waals surface area contributed by atoms with Gasteiger partial charge in [-0.3, -0.25) is 9.59 Å². The largest absolute Gasteiger partial charge is 0.349 e. The first-order valence-electron chi connectivity index (χ1n) is 8.27. The van der Waals surface area contributed by atoms with E-state index in [-0.39, 0.29) is 30.2 Å². The molecule has 0 aromatic heterocycles. The average Bonchev–Trinajstić information content (AvgIpc) is 2.98. The van der Waals surface area contributed by atoms with Gasteiger partial charge in [0.05, 0.1) is 12.0 Å². The van der Waals surface area contributed by atoms with Crippen LogP contribution in [0.2, 0.25) is 0 Å². The van der Waals surface area contributed by atoms with E-state index < -0.39 is 0 Å². The van der Waals surface area contributed by atoms with Gasteiger partial charge in [-0.25, -0.2) is 0 Å². The van der Waals surface area contributed by atoms with Crippen LogP contribution in [0, 0.1) is 12.8 Å². The van der Waals surface area contributed by atoms with Gasteiger partial charge in [-0.15, -0.1) is 0 Å². The molecule has 1 aliphatic rings. The first-order valence-corrected chi connectivity index (χ1v) is 8.27. The fourth-order valence-electron chi connectivity index (χ4n) is 3.01. The number of nitrogens with zero attached hydrogens (tertiary/aromatic N) is 1. The van der Waals surface area contributed by atoms with E-state index in [1.807, 2.05) is 68.4 Å². The van der Waals surface area contributed by atoms with Crippen molar-refractivity contribution in [1.82, 2.24) is 5.32 Å². The second-order valence-corrected chi connectivity index (χ2v) is 6.38. The molecule has 1 aliphatic heterocycles. The number of carbonyl (C=O) groups is 2. The molecule has 1 fully saturated rings. The summed E-state index contributed by atoms with van der Waals surface area (Å²) in [5.74, 6) is -0.356. The topological polar surface area (TPSA) is 49.4 Å². The molecule has 0 saturated carbocycles. The van der Waals surface area contributed by atoms with Gasteiger partial charge in [0.25, 0.3) is 0 Å². The molecule has 24 heavy (non-hydrogen) atoms. The number of benzene rings is 2. The Balaban J connectivity index is 1.64. The van der Waals surface area contributed by atoms with Crippen LogP contribution in [0.4, 0.5) is 5.69 Å². The Morgan fingerprint density at radius 2 is 1.79 bits per heavy atom. The number of aryl methyl sites for hydroxylation is 1. The van der Waals surface area contributed by atoms with Gasteiger partial charge in [-0.2, -0.15) is 0 Å². The van der Waals surface area contributed by atoms with Gasteiger partial charge in [0.2, 0.25) is 11.8 Å². The summed E-state index contributed by atoms with van der Waals surface area (Å²) in [5.41, 5.74) is 3.07. The van der Waals surface area contributed by atoms with Gasteiger partial charge in [-0.05, 0) is 31.5 Å². The van der Waals surface area contributed by atoms with Crippen LogP contribution < -0.4 is 10.2 Å². The summed E-state index contributed by atoms with van der Waals surface area (Å²) in [5, 5.41) is 3.02. The Morgan fingerprint density at radius 1 is 1.12 bits per heavy atom. The van der Waals surface area contributed by atoms with Gasteiger partial charge in [-0.1, -0.05) is 48.0 Å². The van der Waals surface area contributed by atoms with Crippen LogP contribution in [0.3, 0.4) is 0 Å². The first-order chi connectivity index (χ1) is 11.5. The molecule has 3 rings (SSSR count). The van der Waals surface area contributed by atoms with Gasteiger partial charge in [0, 0.05) is 18.7 Å². The van der Waals surface area contributed by atoms with Crippen molar-refractivity contribution in [3.05, 3.63) is 65.7 Å². The van der Waals surface area contributed by atoms with E-state index >= 15 is 0 Å². The molecule has 124 valence electrons. The monoisotopic (exact) mass is 322 g/mol. The predicted molar refractivity (Wildman–Crippen MR) is 94.6 cm³/mol. The fourth-order valence-corrected chi connectivity index (χ4v) is 3.01.